The summed E-state index contributed by atoms with van der Waals surface area (Å²) in [4.78, 5) is 23.1. The highest BCUT2D eigenvalue weighted by Gasteiger charge is 2.22. The summed E-state index contributed by atoms with van der Waals surface area (Å²) < 4.78 is 5.29. The Morgan fingerprint density at radius 1 is 1.10 bits per heavy atom. The van der Waals surface area contributed by atoms with Crippen LogP contribution in [0.4, 0.5) is 5.69 Å². The highest BCUT2D eigenvalue weighted by molar-refractivity contribution is 5.88. The molecule has 1 amide bonds. The lowest BCUT2D eigenvalue weighted by Gasteiger charge is -2.29. The first-order valence-electron chi connectivity index (χ1n) is 10.1. The van der Waals surface area contributed by atoms with Crippen LogP contribution in [0.2, 0.25) is 0 Å². The van der Waals surface area contributed by atoms with Crippen LogP contribution in [0, 0.1) is 6.92 Å². The van der Waals surface area contributed by atoms with E-state index in [9.17, 15) is 4.79 Å². The highest BCUT2D eigenvalue weighted by atomic mass is 16.5. The largest absolute Gasteiger partial charge is 0.497 e. The summed E-state index contributed by atoms with van der Waals surface area (Å²) in [5.74, 6) is 1.58. The Balaban J connectivity index is 1.56. The van der Waals surface area contributed by atoms with E-state index < -0.39 is 0 Å². The Morgan fingerprint density at radius 3 is 2.50 bits per heavy atom. The minimum atomic E-state index is -0.0586. The van der Waals surface area contributed by atoms with Crippen molar-refractivity contribution < 1.29 is 9.53 Å². The number of aryl methyl sites for hydroxylation is 1. The fourth-order valence-electron chi connectivity index (χ4n) is 3.87. The van der Waals surface area contributed by atoms with Crippen LogP contribution < -0.4 is 10.1 Å². The quantitative estimate of drug-likeness (QED) is 0.699. The number of anilines is 1. The van der Waals surface area contributed by atoms with Crippen LogP contribution in [0.5, 0.6) is 5.75 Å². The number of nitrogens with one attached hydrogen (secondary N) is 1. The van der Waals surface area contributed by atoms with Gasteiger partial charge >= 0.3 is 0 Å². The smallest absolute Gasteiger partial charge is 0.221 e. The fraction of sp³-hybridized carbons (Fsp3) is 0.292. The first kappa shape index (κ1) is 20.0. The maximum absolute atomic E-state index is 11.2. The molecule has 0 unspecified atom stereocenters. The molecule has 1 N–H and O–H groups in total. The van der Waals surface area contributed by atoms with Crippen LogP contribution >= 0.6 is 0 Å². The molecule has 6 nitrogen and oxygen atoms in total. The van der Waals surface area contributed by atoms with Gasteiger partial charge in [-0.15, -0.1) is 0 Å². The molecule has 0 saturated carbocycles. The third-order valence-electron chi connectivity index (χ3n) is 5.30. The van der Waals surface area contributed by atoms with E-state index in [1.165, 1.54) is 18.1 Å². The normalized spacial score (nSPS) is 13.6. The molecule has 0 saturated heterocycles. The van der Waals surface area contributed by atoms with Crippen molar-refractivity contribution in [1.82, 2.24) is 14.9 Å². The second-order valence-corrected chi connectivity index (χ2v) is 7.61. The van der Waals surface area contributed by atoms with E-state index in [0.717, 1.165) is 60.3 Å². The van der Waals surface area contributed by atoms with Gasteiger partial charge in [0.25, 0.3) is 0 Å². The average Bonchev–Trinajstić information content (AvgIpc) is 2.74. The number of hydrogen-bond acceptors (Lipinski definition) is 5. The summed E-state index contributed by atoms with van der Waals surface area (Å²) >= 11 is 0. The molecule has 1 aliphatic heterocycles. The Kier molecular flexibility index (Phi) is 5.77. The van der Waals surface area contributed by atoms with Crippen LogP contribution in [-0.4, -0.2) is 34.4 Å². The number of rotatable bonds is 5. The molecule has 0 atom stereocenters. The fourth-order valence-corrected chi connectivity index (χ4v) is 3.87. The second kappa shape index (κ2) is 8.63. The predicted molar refractivity (Wildman–Crippen MR) is 117 cm³/mol. The molecule has 3 aromatic rings. The molecule has 1 aromatic heterocycles. The topological polar surface area (TPSA) is 67.4 Å². The van der Waals surface area contributed by atoms with Crippen LogP contribution in [0.3, 0.4) is 0 Å². The van der Waals surface area contributed by atoms with Gasteiger partial charge in [-0.05, 0) is 48.9 Å². The lowest BCUT2D eigenvalue weighted by molar-refractivity contribution is -0.114. The molecule has 154 valence electrons. The summed E-state index contributed by atoms with van der Waals surface area (Å²) in [5.41, 5.74) is 6.47. The van der Waals surface area contributed by atoms with Gasteiger partial charge in [-0.3, -0.25) is 9.69 Å². The minimum Gasteiger partial charge on any atom is -0.497 e. The van der Waals surface area contributed by atoms with E-state index in [1.54, 1.807) is 7.11 Å². The lowest BCUT2D eigenvalue weighted by Crippen LogP contribution is -2.31. The van der Waals surface area contributed by atoms with Gasteiger partial charge in [0.15, 0.2) is 0 Å². The molecule has 30 heavy (non-hydrogen) atoms. The van der Waals surface area contributed by atoms with Gasteiger partial charge in [0.05, 0.1) is 18.5 Å². The van der Waals surface area contributed by atoms with Gasteiger partial charge in [0, 0.05) is 49.8 Å². The van der Waals surface area contributed by atoms with Crippen molar-refractivity contribution in [3.05, 3.63) is 71.2 Å². The number of nitrogens with zero attached hydrogens (tertiary/aromatic N) is 3. The van der Waals surface area contributed by atoms with Gasteiger partial charge < -0.3 is 10.1 Å². The van der Waals surface area contributed by atoms with Crippen molar-refractivity contribution in [1.29, 1.82) is 0 Å². The van der Waals surface area contributed by atoms with Gasteiger partial charge in [0.2, 0.25) is 5.91 Å². The third-order valence-corrected chi connectivity index (χ3v) is 5.30. The summed E-state index contributed by atoms with van der Waals surface area (Å²) in [6, 6.07) is 16.1. The van der Waals surface area contributed by atoms with Gasteiger partial charge in [-0.25, -0.2) is 9.97 Å². The number of hydrogen-bond donors (Lipinski definition) is 1. The standard InChI is InChI=1S/C24H26N4O2/c1-16-25-23-12-13-28(14-18-4-8-20(9-5-18)27-17(2)29)15-22(23)24(26-16)19-6-10-21(30-3)11-7-19/h4-11H,12-15H2,1-3H3,(H,27,29). The molecule has 0 radical (unpaired) electrons. The van der Waals surface area contributed by atoms with Crippen LogP contribution in [0.1, 0.15) is 29.6 Å². The number of fused-ring (bicyclic) bond motifs is 1. The van der Waals surface area contributed by atoms with Crippen molar-refractivity contribution >= 4 is 11.6 Å². The second-order valence-electron chi connectivity index (χ2n) is 7.61. The number of ether oxygens (including phenoxy) is 1. The molecule has 4 rings (SSSR count). The van der Waals surface area contributed by atoms with E-state index in [0.29, 0.717) is 0 Å². The van der Waals surface area contributed by atoms with Gasteiger partial charge in [0.1, 0.15) is 11.6 Å². The Bertz CT molecular complexity index is 1050. The van der Waals surface area contributed by atoms with Crippen LogP contribution in [-0.2, 0) is 24.3 Å². The number of amides is 1. The maximum atomic E-state index is 11.2. The average molecular weight is 402 g/mol. The Morgan fingerprint density at radius 2 is 1.83 bits per heavy atom. The maximum Gasteiger partial charge on any atom is 0.221 e. The first-order valence-corrected chi connectivity index (χ1v) is 10.1. The summed E-state index contributed by atoms with van der Waals surface area (Å²) in [6.07, 6.45) is 0.909. The monoisotopic (exact) mass is 402 g/mol. The third kappa shape index (κ3) is 4.49. The number of aromatic nitrogens is 2. The van der Waals surface area contributed by atoms with Crippen LogP contribution in [0.25, 0.3) is 11.3 Å². The summed E-state index contributed by atoms with van der Waals surface area (Å²) in [5, 5.41) is 2.81. The van der Waals surface area contributed by atoms with E-state index in [4.69, 9.17) is 14.7 Å². The highest BCUT2D eigenvalue weighted by Crippen LogP contribution is 2.30. The molecule has 2 aromatic carbocycles. The van der Waals surface area contributed by atoms with Gasteiger partial charge in [-0.2, -0.15) is 0 Å². The molecule has 0 aliphatic carbocycles. The van der Waals surface area contributed by atoms with Crippen molar-refractivity contribution in [2.45, 2.75) is 33.4 Å². The number of carbonyl (C=O) groups is 1. The van der Waals surface area contributed by atoms with Crippen molar-refractivity contribution in [2.75, 3.05) is 19.0 Å². The Hall–Kier alpha value is -3.25. The molecule has 0 bridgehead atoms. The van der Waals surface area contributed by atoms with E-state index >= 15 is 0 Å². The summed E-state index contributed by atoms with van der Waals surface area (Å²) in [6.45, 7) is 6.08. The number of methoxy groups -OCH3 is 1. The molecule has 0 spiro atoms. The Labute approximate surface area is 176 Å². The van der Waals surface area contributed by atoms with Gasteiger partial charge in [-0.1, -0.05) is 12.1 Å². The zero-order chi connectivity index (χ0) is 21.1. The van der Waals surface area contributed by atoms with E-state index in [-0.39, 0.29) is 5.91 Å². The van der Waals surface area contributed by atoms with E-state index in [1.807, 2.05) is 31.2 Å². The van der Waals surface area contributed by atoms with Crippen molar-refractivity contribution in [3.63, 3.8) is 0 Å². The molecular formula is C24H26N4O2. The molecule has 2 heterocycles. The summed E-state index contributed by atoms with van der Waals surface area (Å²) in [7, 11) is 1.67. The van der Waals surface area contributed by atoms with Crippen molar-refractivity contribution in [2.24, 2.45) is 0 Å². The number of carbonyl (C=O) groups excluding carboxylic acids is 1. The predicted octanol–water partition coefficient (Wildman–Crippen LogP) is 3.98. The van der Waals surface area contributed by atoms with Crippen molar-refractivity contribution in [3.8, 4) is 17.0 Å². The minimum absolute atomic E-state index is 0.0586. The van der Waals surface area contributed by atoms with E-state index in [2.05, 4.69) is 34.5 Å². The molecule has 6 heteroatoms. The SMILES string of the molecule is COc1ccc(-c2nc(C)nc3c2CN(Cc2ccc(NC(C)=O)cc2)CC3)cc1. The molecule has 1 aliphatic rings. The zero-order valence-corrected chi connectivity index (χ0v) is 17.6. The molecular weight excluding hydrogens is 376 g/mol. The number of benzene rings is 2. The zero-order valence-electron chi connectivity index (χ0n) is 17.6. The molecule has 0 fully saturated rings. The lowest BCUT2D eigenvalue weighted by atomic mass is 9.98. The first-order chi connectivity index (χ1) is 14.5. The van der Waals surface area contributed by atoms with Crippen LogP contribution in [0.15, 0.2) is 48.5 Å².